The maximum absolute atomic E-state index is 14.8. The van der Waals surface area contributed by atoms with Crippen molar-refractivity contribution in [1.29, 1.82) is 0 Å². The minimum Gasteiger partial charge on any atom is -0.497 e. The fraction of sp³-hybridized carbons (Fsp3) is 0.519. The third kappa shape index (κ3) is 6.36. The van der Waals surface area contributed by atoms with Crippen LogP contribution in [-0.4, -0.2) is 74.4 Å². The van der Waals surface area contributed by atoms with Gasteiger partial charge in [0.15, 0.2) is 0 Å². The maximum Gasteiger partial charge on any atom is 0.407 e. The molecular weight excluding hydrogens is 556 g/mol. The number of halogens is 4. The molecule has 40 heavy (non-hydrogen) atoms. The first-order valence-corrected chi connectivity index (χ1v) is 14.3. The van der Waals surface area contributed by atoms with Crippen molar-refractivity contribution in [1.82, 2.24) is 9.21 Å². The van der Waals surface area contributed by atoms with E-state index in [9.17, 15) is 35.9 Å². The molecule has 1 amide bonds. The number of amides is 1. The van der Waals surface area contributed by atoms with Gasteiger partial charge in [-0.1, -0.05) is 12.1 Å². The van der Waals surface area contributed by atoms with Crippen molar-refractivity contribution < 1.29 is 45.4 Å². The number of carbonyl (C=O) groups is 1. The Morgan fingerprint density at radius 3 is 2.23 bits per heavy atom. The largest absolute Gasteiger partial charge is 0.497 e. The minimum atomic E-state index is -4.82. The van der Waals surface area contributed by atoms with Crippen LogP contribution in [0.25, 0.3) is 0 Å². The van der Waals surface area contributed by atoms with Crippen molar-refractivity contribution in [3.05, 3.63) is 59.9 Å². The van der Waals surface area contributed by atoms with Crippen LogP contribution in [0.1, 0.15) is 31.2 Å². The number of likely N-dealkylation sites (tertiary alicyclic amines) is 1. The summed E-state index contributed by atoms with van der Waals surface area (Å²) in [5.41, 5.74) is -0.508. The second-order valence-corrected chi connectivity index (χ2v) is 12.2. The van der Waals surface area contributed by atoms with E-state index in [0.29, 0.717) is 24.2 Å². The predicted octanol–water partition coefficient (Wildman–Crippen LogP) is 5.14. The smallest absolute Gasteiger partial charge is 0.407 e. The lowest BCUT2D eigenvalue weighted by atomic mass is 9.64. The Bertz CT molecular complexity index is 1260. The summed E-state index contributed by atoms with van der Waals surface area (Å²) < 4.78 is 97.1. The number of nitrogens with zero attached hydrogens (tertiary/aromatic N) is 2. The molecule has 2 saturated heterocycles. The topological polar surface area (TPSA) is 96.4 Å². The summed E-state index contributed by atoms with van der Waals surface area (Å²) in [5, 5.41) is 9.42. The molecule has 1 unspecified atom stereocenters. The van der Waals surface area contributed by atoms with Crippen molar-refractivity contribution in [3.8, 4) is 5.75 Å². The molecule has 0 radical (unpaired) electrons. The zero-order valence-electron chi connectivity index (χ0n) is 21.9. The second-order valence-electron chi connectivity index (χ2n) is 10.3. The molecule has 2 aliphatic heterocycles. The molecule has 0 bridgehead atoms. The molecule has 1 N–H and O–H groups in total. The molecule has 2 heterocycles. The molecule has 220 valence electrons. The van der Waals surface area contributed by atoms with Crippen LogP contribution < -0.4 is 4.74 Å². The Morgan fingerprint density at radius 2 is 1.68 bits per heavy atom. The van der Waals surface area contributed by atoms with Gasteiger partial charge in [0.25, 0.3) is 0 Å². The average molecular weight is 589 g/mol. The Balaban J connectivity index is 1.69. The standard InChI is InChI=1S/C27H32F4N2O6S/c1-38-21-7-3-19(4-8-21)17-39-18-23(27(29,30)31)24-26(12-15-32(16-13-26)25(34)35)11-2-14-33(24)40(36,37)22-9-5-20(28)6-10-22/h3-10,23-24H,2,11-18H2,1H3,(H,34,35)/t23-,24?/m0/s1. The molecule has 1 spiro atoms. The SMILES string of the molecule is COc1ccc(COC[C@@H](C2N(S(=O)(=O)c3ccc(F)cc3)CCCC23CCN(C(=O)O)CC3)C(F)(F)F)cc1. The Hall–Kier alpha value is -2.90. The highest BCUT2D eigenvalue weighted by molar-refractivity contribution is 7.89. The van der Waals surface area contributed by atoms with Crippen molar-refractivity contribution in [2.75, 3.05) is 33.4 Å². The Morgan fingerprint density at radius 1 is 1.05 bits per heavy atom. The van der Waals surface area contributed by atoms with Crippen LogP contribution in [0.4, 0.5) is 22.4 Å². The normalized spacial score (nSPS) is 20.8. The zero-order chi connectivity index (χ0) is 29.1. The fourth-order valence-electron chi connectivity index (χ4n) is 5.90. The summed E-state index contributed by atoms with van der Waals surface area (Å²) in [6, 6.07) is 9.08. The summed E-state index contributed by atoms with van der Waals surface area (Å²) in [4.78, 5) is 12.4. The monoisotopic (exact) mass is 588 g/mol. The molecular formula is C27H32F4N2O6S. The van der Waals surface area contributed by atoms with E-state index in [1.54, 1.807) is 24.3 Å². The molecule has 2 fully saturated rings. The van der Waals surface area contributed by atoms with Crippen LogP contribution in [0.15, 0.2) is 53.4 Å². The maximum atomic E-state index is 14.8. The van der Waals surface area contributed by atoms with Gasteiger partial charge in [0.05, 0.1) is 31.1 Å². The molecule has 8 nitrogen and oxygen atoms in total. The number of sulfonamides is 1. The van der Waals surface area contributed by atoms with Gasteiger partial charge >= 0.3 is 12.3 Å². The lowest BCUT2D eigenvalue weighted by molar-refractivity contribution is -0.221. The highest BCUT2D eigenvalue weighted by Gasteiger charge is 2.59. The molecule has 0 saturated carbocycles. The lowest BCUT2D eigenvalue weighted by Crippen LogP contribution is -2.63. The predicted molar refractivity (Wildman–Crippen MR) is 137 cm³/mol. The van der Waals surface area contributed by atoms with Crippen molar-refractivity contribution in [2.24, 2.45) is 11.3 Å². The van der Waals surface area contributed by atoms with Crippen molar-refractivity contribution in [3.63, 3.8) is 0 Å². The van der Waals surface area contributed by atoms with E-state index in [2.05, 4.69) is 0 Å². The summed E-state index contributed by atoms with van der Waals surface area (Å²) in [7, 11) is -2.96. The van der Waals surface area contributed by atoms with E-state index in [4.69, 9.17) is 9.47 Å². The van der Waals surface area contributed by atoms with Gasteiger partial charge in [-0.05, 0) is 73.1 Å². The summed E-state index contributed by atoms with van der Waals surface area (Å²) >= 11 is 0. The number of alkyl halides is 3. The molecule has 2 aliphatic rings. The number of hydrogen-bond acceptors (Lipinski definition) is 5. The van der Waals surface area contributed by atoms with Crippen LogP contribution in [0.2, 0.25) is 0 Å². The van der Waals surface area contributed by atoms with Gasteiger partial charge in [-0.15, -0.1) is 0 Å². The van der Waals surface area contributed by atoms with Crippen LogP contribution in [0.3, 0.4) is 0 Å². The highest BCUT2D eigenvalue weighted by atomic mass is 32.2. The first-order chi connectivity index (χ1) is 18.9. The van der Waals surface area contributed by atoms with E-state index in [1.165, 1.54) is 7.11 Å². The second kappa shape index (κ2) is 11.9. The van der Waals surface area contributed by atoms with Gasteiger partial charge in [-0.2, -0.15) is 17.5 Å². The lowest BCUT2D eigenvalue weighted by Gasteiger charge is -2.55. The number of rotatable bonds is 8. The number of ether oxygens (including phenoxy) is 2. The third-order valence-electron chi connectivity index (χ3n) is 7.97. The van der Waals surface area contributed by atoms with Crippen molar-refractivity contribution >= 4 is 16.1 Å². The van der Waals surface area contributed by atoms with Crippen LogP contribution >= 0.6 is 0 Å². The third-order valence-corrected chi connectivity index (χ3v) is 9.86. The van der Waals surface area contributed by atoms with Gasteiger partial charge in [0, 0.05) is 25.7 Å². The molecule has 13 heteroatoms. The van der Waals surface area contributed by atoms with E-state index in [1.807, 2.05) is 0 Å². The highest BCUT2D eigenvalue weighted by Crippen LogP contribution is 2.51. The van der Waals surface area contributed by atoms with Crippen LogP contribution in [0, 0.1) is 17.2 Å². The van der Waals surface area contributed by atoms with Gasteiger partial charge < -0.3 is 19.5 Å². The molecule has 0 aromatic heterocycles. The molecule has 4 rings (SSSR count). The Kier molecular flexibility index (Phi) is 8.96. The fourth-order valence-corrected chi connectivity index (χ4v) is 7.69. The van der Waals surface area contributed by atoms with E-state index in [0.717, 1.165) is 33.5 Å². The van der Waals surface area contributed by atoms with Gasteiger partial charge in [-0.25, -0.2) is 17.6 Å². The first-order valence-electron chi connectivity index (χ1n) is 12.9. The quantitative estimate of drug-likeness (QED) is 0.429. The van der Waals surface area contributed by atoms with Gasteiger partial charge in [0.1, 0.15) is 11.6 Å². The minimum absolute atomic E-state index is 0.00640. The number of hydrogen-bond donors (Lipinski definition) is 1. The van der Waals surface area contributed by atoms with Crippen molar-refractivity contribution in [2.45, 2.75) is 49.4 Å². The molecule has 0 aliphatic carbocycles. The molecule has 2 aromatic carbocycles. The summed E-state index contributed by atoms with van der Waals surface area (Å²) in [6.07, 6.45) is -5.23. The number of carboxylic acid groups (broad SMARTS) is 1. The van der Waals surface area contributed by atoms with Gasteiger partial charge in [-0.3, -0.25) is 0 Å². The van der Waals surface area contributed by atoms with E-state index >= 15 is 0 Å². The zero-order valence-corrected chi connectivity index (χ0v) is 22.8. The molecule has 2 atom stereocenters. The molecule has 2 aromatic rings. The average Bonchev–Trinajstić information content (AvgIpc) is 2.91. The Labute approximate surface area is 230 Å². The van der Waals surface area contributed by atoms with E-state index in [-0.39, 0.29) is 44.0 Å². The number of benzene rings is 2. The first kappa shape index (κ1) is 30.1. The number of piperidine rings is 2. The van der Waals surface area contributed by atoms with Gasteiger partial charge in [0.2, 0.25) is 10.0 Å². The van der Waals surface area contributed by atoms with Crippen LogP contribution in [-0.2, 0) is 21.4 Å². The van der Waals surface area contributed by atoms with Crippen LogP contribution in [0.5, 0.6) is 5.75 Å². The van der Waals surface area contributed by atoms with E-state index < -0.39 is 52.1 Å². The number of methoxy groups -OCH3 is 1. The summed E-state index contributed by atoms with van der Waals surface area (Å²) in [5.74, 6) is -2.28. The summed E-state index contributed by atoms with van der Waals surface area (Å²) in [6.45, 7) is -1.09.